The van der Waals surface area contributed by atoms with Gasteiger partial charge in [0.25, 0.3) is 0 Å². The molecule has 1 saturated carbocycles. The molecular formula is C15H19NO3. The van der Waals surface area contributed by atoms with Crippen LogP contribution in [0, 0.1) is 5.41 Å². The summed E-state index contributed by atoms with van der Waals surface area (Å²) in [5.41, 5.74) is -0.135. The van der Waals surface area contributed by atoms with Crippen molar-refractivity contribution in [2.45, 2.75) is 39.3 Å². The van der Waals surface area contributed by atoms with Crippen molar-refractivity contribution in [3.05, 3.63) is 35.9 Å². The summed E-state index contributed by atoms with van der Waals surface area (Å²) in [6, 6.07) is 9.64. The number of hydrogen-bond donors (Lipinski definition) is 1. The molecule has 4 nitrogen and oxygen atoms in total. The molecule has 0 unspecified atom stereocenters. The van der Waals surface area contributed by atoms with Gasteiger partial charge in [0.05, 0.1) is 0 Å². The molecule has 0 saturated heterocycles. The van der Waals surface area contributed by atoms with E-state index in [9.17, 15) is 14.7 Å². The van der Waals surface area contributed by atoms with Crippen molar-refractivity contribution in [2.75, 3.05) is 0 Å². The number of benzene rings is 1. The lowest BCUT2D eigenvalue weighted by molar-refractivity contribution is -0.154. The molecule has 0 heterocycles. The van der Waals surface area contributed by atoms with Crippen molar-refractivity contribution in [2.24, 2.45) is 5.41 Å². The zero-order valence-corrected chi connectivity index (χ0v) is 11.3. The van der Waals surface area contributed by atoms with Crippen LogP contribution in [0.25, 0.3) is 0 Å². The first-order valence-corrected chi connectivity index (χ1v) is 6.56. The largest absolute Gasteiger partial charge is 0.480 e. The van der Waals surface area contributed by atoms with Gasteiger partial charge in [-0.05, 0) is 32.3 Å². The molecule has 0 spiro atoms. The monoisotopic (exact) mass is 261 g/mol. The second-order valence-corrected chi connectivity index (χ2v) is 5.40. The van der Waals surface area contributed by atoms with E-state index in [0.717, 1.165) is 5.56 Å². The number of nitrogens with zero attached hydrogens (tertiary/aromatic N) is 1. The molecule has 1 aliphatic carbocycles. The van der Waals surface area contributed by atoms with Crippen LogP contribution in [0.3, 0.4) is 0 Å². The molecule has 0 bridgehead atoms. The molecule has 19 heavy (non-hydrogen) atoms. The first-order chi connectivity index (χ1) is 8.97. The van der Waals surface area contributed by atoms with Gasteiger partial charge in [-0.15, -0.1) is 0 Å². The molecule has 1 N–H and O–H groups in total. The maximum Gasteiger partial charge on any atom is 0.319 e. The molecule has 0 atom stereocenters. The molecule has 2 rings (SSSR count). The van der Waals surface area contributed by atoms with E-state index in [-0.39, 0.29) is 11.9 Å². The number of hydrogen-bond acceptors (Lipinski definition) is 2. The van der Waals surface area contributed by atoms with Crippen LogP contribution in [-0.4, -0.2) is 27.9 Å². The smallest absolute Gasteiger partial charge is 0.319 e. The van der Waals surface area contributed by atoms with E-state index < -0.39 is 11.4 Å². The van der Waals surface area contributed by atoms with Crippen LogP contribution in [-0.2, 0) is 16.1 Å². The van der Waals surface area contributed by atoms with Crippen molar-refractivity contribution >= 4 is 11.9 Å². The Morgan fingerprint density at radius 2 is 1.84 bits per heavy atom. The second kappa shape index (κ2) is 5.03. The minimum Gasteiger partial charge on any atom is -0.480 e. The summed E-state index contributed by atoms with van der Waals surface area (Å²) in [5.74, 6) is -1.24. The Labute approximate surface area is 113 Å². The van der Waals surface area contributed by atoms with Gasteiger partial charge >= 0.3 is 5.97 Å². The zero-order chi connectivity index (χ0) is 14.0. The quantitative estimate of drug-likeness (QED) is 0.827. The van der Waals surface area contributed by atoms with Crippen molar-refractivity contribution in [3.8, 4) is 0 Å². The molecule has 1 aromatic carbocycles. The molecular weight excluding hydrogens is 242 g/mol. The van der Waals surface area contributed by atoms with Crippen molar-refractivity contribution < 1.29 is 14.7 Å². The Kier molecular flexibility index (Phi) is 3.60. The van der Waals surface area contributed by atoms with Gasteiger partial charge in [-0.2, -0.15) is 0 Å². The van der Waals surface area contributed by atoms with Gasteiger partial charge in [0.2, 0.25) is 5.91 Å². The lowest BCUT2D eigenvalue weighted by Gasteiger charge is -2.29. The zero-order valence-electron chi connectivity index (χ0n) is 11.3. The topological polar surface area (TPSA) is 57.6 Å². The van der Waals surface area contributed by atoms with Crippen LogP contribution in [0.1, 0.15) is 32.3 Å². The van der Waals surface area contributed by atoms with Gasteiger partial charge in [-0.25, -0.2) is 0 Å². The Morgan fingerprint density at radius 3 is 2.26 bits per heavy atom. The third-order valence-corrected chi connectivity index (χ3v) is 3.65. The number of aliphatic carboxylic acids is 1. The lowest BCUT2D eigenvalue weighted by Crippen LogP contribution is -2.44. The van der Waals surface area contributed by atoms with Gasteiger partial charge in [0.1, 0.15) is 5.41 Å². The Hall–Kier alpha value is -1.84. The van der Waals surface area contributed by atoms with E-state index in [1.54, 1.807) is 4.90 Å². The van der Waals surface area contributed by atoms with Crippen LogP contribution in [0.2, 0.25) is 0 Å². The van der Waals surface area contributed by atoms with Crippen LogP contribution in [0.4, 0.5) is 0 Å². The average molecular weight is 261 g/mol. The molecule has 0 aromatic heterocycles. The molecule has 1 aliphatic rings. The Balaban J connectivity index is 2.17. The van der Waals surface area contributed by atoms with E-state index in [4.69, 9.17) is 0 Å². The third kappa shape index (κ3) is 2.62. The van der Waals surface area contributed by atoms with Gasteiger partial charge in [0, 0.05) is 12.6 Å². The number of carboxylic acids is 1. The molecule has 4 heteroatoms. The van der Waals surface area contributed by atoms with E-state index in [1.165, 1.54) is 0 Å². The fraction of sp³-hybridized carbons (Fsp3) is 0.467. The standard InChI is InChI=1S/C15H19NO3/c1-11(2)16(10-12-6-4-3-5-7-12)13(17)15(8-9-15)14(18)19/h3-7,11H,8-10H2,1-2H3,(H,18,19). The summed E-state index contributed by atoms with van der Waals surface area (Å²) in [6.07, 6.45) is 0.915. The predicted octanol–water partition coefficient (Wildman–Crippen LogP) is 2.29. The van der Waals surface area contributed by atoms with Gasteiger partial charge in [0.15, 0.2) is 0 Å². The minimum absolute atomic E-state index is 0.00969. The summed E-state index contributed by atoms with van der Waals surface area (Å²) in [7, 11) is 0. The Morgan fingerprint density at radius 1 is 1.26 bits per heavy atom. The van der Waals surface area contributed by atoms with Crippen LogP contribution < -0.4 is 0 Å². The summed E-state index contributed by atoms with van der Waals surface area (Å²) >= 11 is 0. The number of amides is 1. The number of carbonyl (C=O) groups is 2. The average Bonchev–Trinajstić information content (AvgIpc) is 3.17. The van der Waals surface area contributed by atoms with E-state index in [2.05, 4.69) is 0 Å². The highest BCUT2D eigenvalue weighted by Crippen LogP contribution is 2.48. The summed E-state index contributed by atoms with van der Waals surface area (Å²) < 4.78 is 0. The highest BCUT2D eigenvalue weighted by molar-refractivity contribution is 6.04. The highest BCUT2D eigenvalue weighted by Gasteiger charge is 2.58. The minimum atomic E-state index is -1.15. The third-order valence-electron chi connectivity index (χ3n) is 3.65. The highest BCUT2D eigenvalue weighted by atomic mass is 16.4. The molecule has 1 fully saturated rings. The van der Waals surface area contributed by atoms with E-state index in [1.807, 2.05) is 44.2 Å². The molecule has 0 radical (unpaired) electrons. The predicted molar refractivity (Wildman–Crippen MR) is 71.4 cm³/mol. The van der Waals surface area contributed by atoms with Crippen LogP contribution >= 0.6 is 0 Å². The van der Waals surface area contributed by atoms with Crippen LogP contribution in [0.5, 0.6) is 0 Å². The molecule has 102 valence electrons. The number of carbonyl (C=O) groups excluding carboxylic acids is 1. The molecule has 0 aliphatic heterocycles. The summed E-state index contributed by atoms with van der Waals surface area (Å²) in [5, 5.41) is 9.22. The summed E-state index contributed by atoms with van der Waals surface area (Å²) in [6.45, 7) is 4.30. The van der Waals surface area contributed by atoms with Crippen molar-refractivity contribution in [3.63, 3.8) is 0 Å². The Bertz CT molecular complexity index is 477. The maximum absolute atomic E-state index is 12.5. The fourth-order valence-corrected chi connectivity index (χ4v) is 2.19. The fourth-order valence-electron chi connectivity index (χ4n) is 2.19. The maximum atomic E-state index is 12.5. The normalized spacial score (nSPS) is 16.2. The van der Waals surface area contributed by atoms with Gasteiger partial charge < -0.3 is 10.0 Å². The molecule has 1 aromatic rings. The van der Waals surface area contributed by atoms with E-state index >= 15 is 0 Å². The van der Waals surface area contributed by atoms with Gasteiger partial charge in [-0.1, -0.05) is 30.3 Å². The molecule has 1 amide bonds. The van der Waals surface area contributed by atoms with Crippen LogP contribution in [0.15, 0.2) is 30.3 Å². The number of rotatable bonds is 5. The summed E-state index contributed by atoms with van der Waals surface area (Å²) in [4.78, 5) is 25.4. The van der Waals surface area contributed by atoms with Gasteiger partial charge in [-0.3, -0.25) is 9.59 Å². The second-order valence-electron chi connectivity index (χ2n) is 5.40. The van der Waals surface area contributed by atoms with E-state index in [0.29, 0.717) is 19.4 Å². The van der Waals surface area contributed by atoms with Crippen molar-refractivity contribution in [1.82, 2.24) is 4.90 Å². The lowest BCUT2D eigenvalue weighted by atomic mass is 10.0. The number of carboxylic acid groups (broad SMARTS) is 1. The van der Waals surface area contributed by atoms with Crippen molar-refractivity contribution in [1.29, 1.82) is 0 Å². The SMILES string of the molecule is CC(C)N(Cc1ccccc1)C(=O)C1(C(=O)O)CC1. The first-order valence-electron chi connectivity index (χ1n) is 6.56. The first kappa shape index (κ1) is 13.6.